The molecule has 0 spiro atoms. The number of nitrogens with one attached hydrogen (secondary N) is 1. The van der Waals surface area contributed by atoms with E-state index in [9.17, 15) is 26.7 Å². The van der Waals surface area contributed by atoms with Crippen LogP contribution in [0.15, 0.2) is 59.6 Å². The maximum Gasteiger partial charge on any atom is 0.490 e. The number of phenolic OH excluding ortho intramolecular Hbond substituents is 1. The van der Waals surface area contributed by atoms with Gasteiger partial charge in [-0.1, -0.05) is 18.2 Å². The highest BCUT2D eigenvalue weighted by molar-refractivity contribution is 7.90. The number of hydrogen-bond donors (Lipinski definition) is 3. The lowest BCUT2D eigenvalue weighted by Crippen LogP contribution is -2.42. The van der Waals surface area contributed by atoms with E-state index in [4.69, 9.17) is 9.90 Å². The van der Waals surface area contributed by atoms with E-state index >= 15 is 0 Å². The Balaban J connectivity index is 0.000000383. The lowest BCUT2D eigenvalue weighted by Gasteiger charge is -2.27. The molecule has 3 aromatic rings. The van der Waals surface area contributed by atoms with E-state index in [0.29, 0.717) is 12.1 Å². The summed E-state index contributed by atoms with van der Waals surface area (Å²) in [6.45, 7) is 4.23. The highest BCUT2D eigenvalue weighted by atomic mass is 32.2. The van der Waals surface area contributed by atoms with Gasteiger partial charge in [-0.2, -0.15) is 13.2 Å². The Hall–Kier alpha value is -3.09. The molecule has 1 fully saturated rings. The first-order chi connectivity index (χ1) is 15.5. The van der Waals surface area contributed by atoms with Crippen molar-refractivity contribution in [3.8, 4) is 5.75 Å². The number of hydrogen-bond acceptors (Lipinski definition) is 6. The molecule has 178 valence electrons. The number of benzene rings is 2. The van der Waals surface area contributed by atoms with E-state index in [0.717, 1.165) is 37.1 Å². The van der Waals surface area contributed by atoms with Crippen LogP contribution in [0.25, 0.3) is 10.9 Å². The molecule has 0 radical (unpaired) electrons. The van der Waals surface area contributed by atoms with Gasteiger partial charge in [0.15, 0.2) is 0 Å². The number of phenols is 1. The van der Waals surface area contributed by atoms with Gasteiger partial charge in [0.2, 0.25) is 0 Å². The van der Waals surface area contributed by atoms with E-state index < -0.39 is 22.2 Å². The van der Waals surface area contributed by atoms with Gasteiger partial charge in [0, 0.05) is 49.9 Å². The number of carboxylic acid groups (broad SMARTS) is 1. The van der Waals surface area contributed by atoms with Gasteiger partial charge in [0.1, 0.15) is 5.75 Å². The number of fused-ring (bicyclic) bond motifs is 1. The Bertz CT molecular complexity index is 1220. The van der Waals surface area contributed by atoms with Crippen LogP contribution in [0.2, 0.25) is 0 Å². The summed E-state index contributed by atoms with van der Waals surface area (Å²) in [7, 11) is -3.67. The Morgan fingerprint density at radius 1 is 1.03 bits per heavy atom. The molecular weight excluding hydrogens is 463 g/mol. The third-order valence-electron chi connectivity index (χ3n) is 5.06. The summed E-state index contributed by atoms with van der Waals surface area (Å²) in [6, 6.07) is 13.4. The van der Waals surface area contributed by atoms with Crippen LogP contribution in [0.5, 0.6) is 5.75 Å². The van der Waals surface area contributed by atoms with Crippen molar-refractivity contribution in [1.29, 1.82) is 0 Å². The lowest BCUT2D eigenvalue weighted by molar-refractivity contribution is -0.192. The Kier molecular flexibility index (Phi) is 7.30. The van der Waals surface area contributed by atoms with E-state index in [1.165, 1.54) is 3.97 Å². The zero-order chi connectivity index (χ0) is 24.2. The fraction of sp³-hybridized carbons (Fsp3) is 0.286. The molecule has 2 aromatic carbocycles. The first kappa shape index (κ1) is 24.6. The van der Waals surface area contributed by atoms with Gasteiger partial charge >= 0.3 is 12.1 Å². The van der Waals surface area contributed by atoms with Gasteiger partial charge in [-0.3, -0.25) is 4.90 Å². The van der Waals surface area contributed by atoms with E-state index in [1.54, 1.807) is 54.7 Å². The van der Waals surface area contributed by atoms with Gasteiger partial charge in [0.05, 0.1) is 10.4 Å². The first-order valence-corrected chi connectivity index (χ1v) is 11.3. The summed E-state index contributed by atoms with van der Waals surface area (Å²) in [5, 5.41) is 21.6. The second-order valence-electron chi connectivity index (χ2n) is 7.25. The van der Waals surface area contributed by atoms with Gasteiger partial charge in [-0.15, -0.1) is 0 Å². The molecule has 1 aromatic heterocycles. The van der Waals surface area contributed by atoms with Crippen molar-refractivity contribution in [3.63, 3.8) is 0 Å². The van der Waals surface area contributed by atoms with Crippen LogP contribution in [0, 0.1) is 0 Å². The van der Waals surface area contributed by atoms with Crippen molar-refractivity contribution in [2.45, 2.75) is 17.6 Å². The van der Waals surface area contributed by atoms with E-state index in [1.807, 2.05) is 0 Å². The van der Waals surface area contributed by atoms with Gasteiger partial charge < -0.3 is 15.5 Å². The normalized spacial score (nSPS) is 15.1. The molecule has 0 aliphatic carbocycles. The fourth-order valence-electron chi connectivity index (χ4n) is 3.42. The second-order valence-corrected chi connectivity index (χ2v) is 9.07. The van der Waals surface area contributed by atoms with Crippen LogP contribution in [0.4, 0.5) is 13.2 Å². The summed E-state index contributed by atoms with van der Waals surface area (Å²) < 4.78 is 59.0. The number of halogens is 3. The van der Waals surface area contributed by atoms with Gasteiger partial charge in [-0.25, -0.2) is 17.2 Å². The highest BCUT2D eigenvalue weighted by Crippen LogP contribution is 2.31. The summed E-state index contributed by atoms with van der Waals surface area (Å²) in [5.41, 5.74) is 1.35. The molecule has 4 rings (SSSR count). The zero-order valence-electron chi connectivity index (χ0n) is 17.3. The zero-order valence-corrected chi connectivity index (χ0v) is 18.1. The predicted molar refractivity (Wildman–Crippen MR) is 114 cm³/mol. The minimum atomic E-state index is -5.08. The first-order valence-electron chi connectivity index (χ1n) is 9.87. The maximum atomic E-state index is 13.0. The summed E-state index contributed by atoms with van der Waals surface area (Å²) in [4.78, 5) is 11.4. The van der Waals surface area contributed by atoms with Crippen LogP contribution in [0.1, 0.15) is 5.56 Å². The standard InChI is InChI=1S/C19H21N3O3S.C2HF3O2/c23-19-7-6-18-16(17(19)14-21-12-9-20-10-13-21)8-11-22(18)26(24,25)15-4-2-1-3-5-15;3-2(4,5)1(6)7/h1-8,11,20,23H,9-10,12-14H2;(H,6,7). The number of aliphatic carboxylic acids is 1. The number of carboxylic acids is 1. The molecule has 0 unspecified atom stereocenters. The Morgan fingerprint density at radius 2 is 1.64 bits per heavy atom. The average Bonchev–Trinajstić information content (AvgIpc) is 3.22. The molecule has 0 bridgehead atoms. The van der Waals surface area contributed by atoms with Crippen LogP contribution >= 0.6 is 0 Å². The maximum absolute atomic E-state index is 13.0. The van der Waals surface area contributed by atoms with Crippen LogP contribution in [-0.2, 0) is 21.4 Å². The van der Waals surface area contributed by atoms with Gasteiger partial charge in [0.25, 0.3) is 10.0 Å². The van der Waals surface area contributed by atoms with Crippen LogP contribution < -0.4 is 5.32 Å². The van der Waals surface area contributed by atoms with Crippen molar-refractivity contribution >= 4 is 26.9 Å². The topological polar surface area (TPSA) is 112 Å². The molecule has 1 aliphatic heterocycles. The molecule has 0 saturated carbocycles. The van der Waals surface area contributed by atoms with E-state index in [2.05, 4.69) is 10.2 Å². The smallest absolute Gasteiger partial charge is 0.490 e. The van der Waals surface area contributed by atoms with Crippen molar-refractivity contribution in [3.05, 3.63) is 60.3 Å². The molecule has 33 heavy (non-hydrogen) atoms. The minimum Gasteiger partial charge on any atom is -0.508 e. The molecule has 2 heterocycles. The van der Waals surface area contributed by atoms with Crippen LogP contribution in [-0.4, -0.2) is 65.8 Å². The SMILES string of the molecule is O=C(O)C(F)(F)F.O=S(=O)(c1ccccc1)n1ccc2c(CN3CCNCC3)c(O)ccc21. The third kappa shape index (κ3) is 5.64. The minimum absolute atomic E-state index is 0.200. The molecule has 0 atom stereocenters. The summed E-state index contributed by atoms with van der Waals surface area (Å²) in [6.07, 6.45) is -3.52. The number of piperazine rings is 1. The molecule has 0 amide bonds. The summed E-state index contributed by atoms with van der Waals surface area (Å²) in [5.74, 6) is -2.56. The molecule has 8 nitrogen and oxygen atoms in total. The average molecular weight is 485 g/mol. The third-order valence-corrected chi connectivity index (χ3v) is 6.76. The highest BCUT2D eigenvalue weighted by Gasteiger charge is 2.38. The Labute approximate surface area is 187 Å². The molecule has 1 aliphatic rings. The predicted octanol–water partition coefficient (Wildman–Crippen LogP) is 2.62. The quantitative estimate of drug-likeness (QED) is 0.521. The van der Waals surface area contributed by atoms with Gasteiger partial charge in [-0.05, 0) is 30.3 Å². The molecular formula is C21H22F3N3O5S. The lowest BCUT2D eigenvalue weighted by atomic mass is 10.1. The molecule has 12 heteroatoms. The monoisotopic (exact) mass is 485 g/mol. The fourth-order valence-corrected chi connectivity index (χ4v) is 4.78. The largest absolute Gasteiger partial charge is 0.508 e. The van der Waals surface area contributed by atoms with Crippen LogP contribution in [0.3, 0.4) is 0 Å². The number of nitrogens with zero attached hydrogens (tertiary/aromatic N) is 2. The number of aromatic nitrogens is 1. The number of aromatic hydroxyl groups is 1. The number of carbonyl (C=O) groups is 1. The summed E-state index contributed by atoms with van der Waals surface area (Å²) >= 11 is 0. The van der Waals surface area contributed by atoms with Crippen molar-refractivity contribution in [2.75, 3.05) is 26.2 Å². The number of alkyl halides is 3. The Morgan fingerprint density at radius 3 is 2.21 bits per heavy atom. The molecule has 1 saturated heterocycles. The second kappa shape index (κ2) is 9.81. The van der Waals surface area contributed by atoms with Crippen molar-refractivity contribution in [2.24, 2.45) is 0 Å². The van der Waals surface area contributed by atoms with E-state index in [-0.39, 0.29) is 10.6 Å². The van der Waals surface area contributed by atoms with Crippen molar-refractivity contribution in [1.82, 2.24) is 14.2 Å². The molecule has 3 N–H and O–H groups in total. The van der Waals surface area contributed by atoms with Crippen molar-refractivity contribution < 1.29 is 36.6 Å². The number of rotatable bonds is 4.